The van der Waals surface area contributed by atoms with Crippen LogP contribution in [0.4, 0.5) is 0 Å². The third-order valence-corrected chi connectivity index (χ3v) is 8.14. The molecule has 1 fully saturated rings. The Balaban J connectivity index is 1.09. The first-order valence-corrected chi connectivity index (χ1v) is 15.1. The SMILES string of the molecule is COc1cc(/C=N\NC(=O)c2ccc(CN3CCC(Cc4ccccc4)CC3)cc2)cc(Br)c1OCc1ccccc1. The molecular weight excluding hydrogens is 590 g/mol. The van der Waals surface area contributed by atoms with Crippen molar-refractivity contribution < 1.29 is 14.3 Å². The van der Waals surface area contributed by atoms with E-state index in [1.54, 1.807) is 13.3 Å². The van der Waals surface area contributed by atoms with E-state index in [1.165, 1.54) is 30.4 Å². The van der Waals surface area contributed by atoms with Gasteiger partial charge in [-0.15, -0.1) is 0 Å². The number of hydrogen-bond acceptors (Lipinski definition) is 5. The van der Waals surface area contributed by atoms with E-state index in [1.807, 2.05) is 66.7 Å². The number of ether oxygens (including phenoxy) is 2. The topological polar surface area (TPSA) is 63.2 Å². The molecule has 0 atom stereocenters. The van der Waals surface area contributed by atoms with Crippen molar-refractivity contribution in [2.24, 2.45) is 11.0 Å². The number of amides is 1. The molecule has 0 radical (unpaired) electrons. The zero-order valence-corrected chi connectivity index (χ0v) is 25.4. The molecule has 4 aromatic carbocycles. The van der Waals surface area contributed by atoms with Crippen LogP contribution in [0.1, 0.15) is 45.5 Å². The molecule has 6 nitrogen and oxygen atoms in total. The summed E-state index contributed by atoms with van der Waals surface area (Å²) in [6.45, 7) is 3.54. The lowest BCUT2D eigenvalue weighted by molar-refractivity contribution is 0.0955. The zero-order chi connectivity index (χ0) is 29.1. The summed E-state index contributed by atoms with van der Waals surface area (Å²) in [4.78, 5) is 15.2. The zero-order valence-electron chi connectivity index (χ0n) is 23.8. The Hall–Kier alpha value is -3.94. The average molecular weight is 627 g/mol. The molecule has 42 heavy (non-hydrogen) atoms. The molecule has 0 saturated carbocycles. The highest BCUT2D eigenvalue weighted by Gasteiger charge is 2.19. The lowest BCUT2D eigenvalue weighted by Crippen LogP contribution is -2.33. The number of nitrogens with one attached hydrogen (secondary N) is 1. The van der Waals surface area contributed by atoms with Gasteiger partial charge in [-0.2, -0.15) is 5.10 Å². The van der Waals surface area contributed by atoms with Crippen molar-refractivity contribution in [3.8, 4) is 11.5 Å². The number of carbonyl (C=O) groups excluding carboxylic acids is 1. The highest BCUT2D eigenvalue weighted by molar-refractivity contribution is 9.10. The fourth-order valence-corrected chi connectivity index (χ4v) is 5.80. The molecule has 1 aliphatic rings. The Kier molecular flexibility index (Phi) is 10.4. The van der Waals surface area contributed by atoms with E-state index < -0.39 is 0 Å². The summed E-state index contributed by atoms with van der Waals surface area (Å²) >= 11 is 3.57. The summed E-state index contributed by atoms with van der Waals surface area (Å²) < 4.78 is 12.3. The Morgan fingerprint density at radius 3 is 2.26 bits per heavy atom. The van der Waals surface area contributed by atoms with Crippen LogP contribution in [-0.2, 0) is 19.6 Å². The number of methoxy groups -OCH3 is 1. The molecule has 5 rings (SSSR count). The van der Waals surface area contributed by atoms with Gasteiger partial charge in [0.25, 0.3) is 5.91 Å². The molecule has 0 aromatic heterocycles. The molecule has 4 aromatic rings. The van der Waals surface area contributed by atoms with Crippen LogP contribution in [0.25, 0.3) is 0 Å². The van der Waals surface area contributed by atoms with E-state index in [9.17, 15) is 4.79 Å². The normalized spacial score (nSPS) is 14.1. The minimum Gasteiger partial charge on any atom is -0.493 e. The fraction of sp³-hybridized carbons (Fsp3) is 0.257. The van der Waals surface area contributed by atoms with Crippen molar-refractivity contribution in [3.63, 3.8) is 0 Å². The molecule has 1 N–H and O–H groups in total. The van der Waals surface area contributed by atoms with Crippen LogP contribution in [0, 0.1) is 5.92 Å². The van der Waals surface area contributed by atoms with Gasteiger partial charge >= 0.3 is 0 Å². The minimum atomic E-state index is -0.256. The third-order valence-electron chi connectivity index (χ3n) is 7.55. The molecule has 0 bridgehead atoms. The lowest BCUT2D eigenvalue weighted by Gasteiger charge is -2.32. The van der Waals surface area contributed by atoms with Gasteiger partial charge in [0.1, 0.15) is 6.61 Å². The monoisotopic (exact) mass is 625 g/mol. The van der Waals surface area contributed by atoms with E-state index in [-0.39, 0.29) is 5.91 Å². The van der Waals surface area contributed by atoms with E-state index >= 15 is 0 Å². The Labute approximate surface area is 256 Å². The Morgan fingerprint density at radius 2 is 1.60 bits per heavy atom. The molecule has 1 aliphatic heterocycles. The van der Waals surface area contributed by atoms with Crippen molar-refractivity contribution in [1.82, 2.24) is 10.3 Å². The van der Waals surface area contributed by atoms with Crippen LogP contribution >= 0.6 is 15.9 Å². The number of hydrogen-bond donors (Lipinski definition) is 1. The quantitative estimate of drug-likeness (QED) is 0.141. The smallest absolute Gasteiger partial charge is 0.271 e. The van der Waals surface area contributed by atoms with Gasteiger partial charge in [0.15, 0.2) is 11.5 Å². The molecule has 1 saturated heterocycles. The third kappa shape index (κ3) is 8.30. The second-order valence-corrected chi connectivity index (χ2v) is 11.5. The number of benzene rings is 4. The van der Waals surface area contributed by atoms with E-state index in [0.29, 0.717) is 23.7 Å². The maximum atomic E-state index is 12.7. The molecule has 1 amide bonds. The first kappa shape index (κ1) is 29.5. The number of nitrogens with zero attached hydrogens (tertiary/aromatic N) is 2. The van der Waals surface area contributed by atoms with Crippen LogP contribution in [0.3, 0.4) is 0 Å². The van der Waals surface area contributed by atoms with E-state index in [4.69, 9.17) is 9.47 Å². The van der Waals surface area contributed by atoms with Crippen molar-refractivity contribution in [3.05, 3.63) is 129 Å². The molecule has 0 aliphatic carbocycles. The maximum Gasteiger partial charge on any atom is 0.271 e. The average Bonchev–Trinajstić information content (AvgIpc) is 3.02. The maximum absolute atomic E-state index is 12.7. The van der Waals surface area contributed by atoms with Crippen molar-refractivity contribution in [2.75, 3.05) is 20.2 Å². The Bertz CT molecular complexity index is 1470. The number of hydrazone groups is 1. The minimum absolute atomic E-state index is 0.256. The van der Waals surface area contributed by atoms with Gasteiger partial charge in [-0.05, 0) is 101 Å². The van der Waals surface area contributed by atoms with Gasteiger partial charge in [-0.3, -0.25) is 9.69 Å². The fourth-order valence-electron chi connectivity index (χ4n) is 5.23. The predicted molar refractivity (Wildman–Crippen MR) is 171 cm³/mol. The lowest BCUT2D eigenvalue weighted by atomic mass is 9.90. The summed E-state index contributed by atoms with van der Waals surface area (Å²) in [7, 11) is 1.59. The van der Waals surface area contributed by atoms with Gasteiger partial charge in [0, 0.05) is 12.1 Å². The standard InChI is InChI=1S/C35H36BrN3O3/c1-41-33-22-30(21-32(36)34(33)42-25-29-10-6-3-7-11-29)23-37-38-35(40)31-14-12-28(13-15-31)24-39-18-16-27(17-19-39)20-26-8-4-2-5-9-26/h2-15,21-23,27H,16-20,24-25H2,1H3,(H,38,40)/b37-23-. The van der Waals surface area contributed by atoms with Crippen LogP contribution < -0.4 is 14.9 Å². The van der Waals surface area contributed by atoms with E-state index in [2.05, 4.69) is 61.7 Å². The van der Waals surface area contributed by atoms with Crippen molar-refractivity contribution >= 4 is 28.1 Å². The largest absolute Gasteiger partial charge is 0.493 e. The molecular formula is C35H36BrN3O3. The summed E-state index contributed by atoms with van der Waals surface area (Å²) in [5.41, 5.74) is 7.66. The summed E-state index contributed by atoms with van der Waals surface area (Å²) in [5.74, 6) is 1.68. The van der Waals surface area contributed by atoms with Crippen LogP contribution in [0.15, 0.2) is 107 Å². The number of halogens is 1. The number of likely N-dealkylation sites (tertiary alicyclic amines) is 1. The number of rotatable bonds is 11. The molecule has 0 unspecified atom stereocenters. The highest BCUT2D eigenvalue weighted by atomic mass is 79.9. The summed E-state index contributed by atoms with van der Waals surface area (Å²) in [5, 5.41) is 4.16. The second kappa shape index (κ2) is 14.8. The molecule has 7 heteroatoms. The van der Waals surface area contributed by atoms with Crippen LogP contribution in [0.2, 0.25) is 0 Å². The summed E-state index contributed by atoms with van der Waals surface area (Å²) in [6.07, 6.45) is 5.20. The van der Waals surface area contributed by atoms with E-state index in [0.717, 1.165) is 41.2 Å². The highest BCUT2D eigenvalue weighted by Crippen LogP contribution is 2.37. The van der Waals surface area contributed by atoms with Crippen molar-refractivity contribution in [2.45, 2.75) is 32.4 Å². The van der Waals surface area contributed by atoms with Crippen LogP contribution in [-0.4, -0.2) is 37.2 Å². The van der Waals surface area contributed by atoms with Gasteiger partial charge in [-0.25, -0.2) is 5.43 Å². The van der Waals surface area contributed by atoms with Crippen LogP contribution in [0.5, 0.6) is 11.5 Å². The van der Waals surface area contributed by atoms with Gasteiger partial charge in [0.05, 0.1) is 17.8 Å². The van der Waals surface area contributed by atoms with Gasteiger partial charge in [-0.1, -0.05) is 72.8 Å². The predicted octanol–water partition coefficient (Wildman–Crippen LogP) is 7.26. The second-order valence-electron chi connectivity index (χ2n) is 10.6. The number of carbonyl (C=O) groups is 1. The van der Waals surface area contributed by atoms with Crippen molar-refractivity contribution in [1.29, 1.82) is 0 Å². The molecule has 1 heterocycles. The van der Waals surface area contributed by atoms with Gasteiger partial charge in [0.2, 0.25) is 0 Å². The molecule has 0 spiro atoms. The van der Waals surface area contributed by atoms with Gasteiger partial charge < -0.3 is 9.47 Å². The first-order chi connectivity index (χ1) is 20.6. The first-order valence-electron chi connectivity index (χ1n) is 14.3. The summed E-state index contributed by atoms with van der Waals surface area (Å²) in [6, 6.07) is 32.2. The molecule has 216 valence electrons. The number of piperidine rings is 1. The Morgan fingerprint density at radius 1 is 0.929 bits per heavy atom.